The van der Waals surface area contributed by atoms with E-state index >= 15 is 0 Å². The van der Waals surface area contributed by atoms with Gasteiger partial charge >= 0.3 is 11.9 Å². The lowest BCUT2D eigenvalue weighted by atomic mass is 10.2. The Morgan fingerprint density at radius 2 is 1.71 bits per heavy atom. The number of rotatable bonds is 7. The van der Waals surface area contributed by atoms with Gasteiger partial charge in [-0.15, -0.1) is 0 Å². The predicted molar refractivity (Wildman–Crippen MR) is 44.2 cm³/mol. The maximum Gasteiger partial charge on any atom is 0.345 e. The summed E-state index contributed by atoms with van der Waals surface area (Å²) in [6.07, 6.45) is 2.93. The highest BCUT2D eigenvalue weighted by atomic mass is 17.7. The Morgan fingerprint density at radius 1 is 1.07 bits per heavy atom. The summed E-state index contributed by atoms with van der Waals surface area (Å²) in [4.78, 5) is 28.9. The molecule has 0 unspecified atom stereocenters. The molecule has 6 heteroatoms. The van der Waals surface area contributed by atoms with Crippen LogP contribution >= 0.6 is 0 Å². The van der Waals surface area contributed by atoms with Crippen LogP contribution in [0.4, 0.5) is 0 Å². The highest BCUT2D eigenvalue weighted by Gasteiger charge is 2.04. The van der Waals surface area contributed by atoms with E-state index in [0.29, 0.717) is 0 Å². The van der Waals surface area contributed by atoms with Crippen molar-refractivity contribution in [1.29, 1.82) is 0 Å². The fourth-order valence-electron chi connectivity index (χ4n) is 0.675. The third kappa shape index (κ3) is 8.95. The summed E-state index contributed by atoms with van der Waals surface area (Å²) in [7, 11) is 0. The molecule has 0 fully saturated rings. The number of hydrogen-bond acceptors (Lipinski definition) is 6. The molecule has 0 rings (SSSR count). The van der Waals surface area contributed by atoms with Gasteiger partial charge in [0.05, 0.1) is 0 Å². The molecule has 0 aliphatic carbocycles. The van der Waals surface area contributed by atoms with Crippen LogP contribution < -0.4 is 0 Å². The molecule has 0 radical (unpaired) electrons. The molecule has 0 aromatic rings. The highest BCUT2D eigenvalue weighted by Crippen LogP contribution is 2.00. The van der Waals surface area contributed by atoms with Gasteiger partial charge in [0.25, 0.3) is 0 Å². The maximum atomic E-state index is 10.8. The highest BCUT2D eigenvalue weighted by molar-refractivity contribution is 5.68. The zero-order chi connectivity index (χ0) is 10.8. The van der Waals surface area contributed by atoms with Crippen molar-refractivity contribution in [3.63, 3.8) is 0 Å². The molecule has 14 heavy (non-hydrogen) atoms. The molecule has 0 aromatic carbocycles. The lowest BCUT2D eigenvalue weighted by Gasteiger charge is -1.99. The molecule has 0 aromatic heterocycles. The van der Waals surface area contributed by atoms with Crippen molar-refractivity contribution in [1.82, 2.24) is 0 Å². The quantitative estimate of drug-likeness (QED) is 0.356. The van der Waals surface area contributed by atoms with E-state index in [0.717, 1.165) is 26.2 Å². The maximum absolute atomic E-state index is 10.8. The molecule has 6 nitrogen and oxygen atoms in total. The molecule has 0 saturated heterocycles. The smallest absolute Gasteiger partial charge is 0.266 e. The zero-order valence-corrected chi connectivity index (χ0v) is 8.28. The first-order valence-electron chi connectivity index (χ1n) is 4.38. The van der Waals surface area contributed by atoms with Crippen molar-refractivity contribution in [2.24, 2.45) is 0 Å². The van der Waals surface area contributed by atoms with E-state index in [2.05, 4.69) is 19.9 Å². The second kappa shape index (κ2) is 8.46. The standard InChI is InChI=1S/C8H14O6/c1-3-4-5-6-8(10)12-14-13-11-7(2)9/h3-6H2,1-2H3. The van der Waals surface area contributed by atoms with Crippen LogP contribution in [0, 0.1) is 0 Å². The van der Waals surface area contributed by atoms with Crippen LogP contribution in [0.25, 0.3) is 0 Å². The molecule has 0 saturated carbocycles. The third-order valence-electron chi connectivity index (χ3n) is 1.29. The SMILES string of the molecule is CCCCCC(=O)OOOOC(C)=O. The van der Waals surface area contributed by atoms with Crippen LogP contribution in [-0.4, -0.2) is 11.9 Å². The van der Waals surface area contributed by atoms with Crippen molar-refractivity contribution in [3.05, 3.63) is 0 Å². The first-order valence-corrected chi connectivity index (χ1v) is 4.38. The molecule has 0 atom stereocenters. The third-order valence-corrected chi connectivity index (χ3v) is 1.29. The van der Waals surface area contributed by atoms with Crippen molar-refractivity contribution in [2.45, 2.75) is 39.5 Å². The van der Waals surface area contributed by atoms with E-state index in [1.54, 1.807) is 0 Å². The van der Waals surface area contributed by atoms with E-state index in [1.165, 1.54) is 0 Å². The molecule has 0 N–H and O–H groups in total. The Morgan fingerprint density at radius 3 is 2.29 bits per heavy atom. The second-order valence-electron chi connectivity index (χ2n) is 2.62. The lowest BCUT2D eigenvalue weighted by molar-refractivity contribution is -0.599. The van der Waals surface area contributed by atoms with E-state index in [-0.39, 0.29) is 6.42 Å². The van der Waals surface area contributed by atoms with Gasteiger partial charge in [-0.3, -0.25) is 9.78 Å². The van der Waals surface area contributed by atoms with Gasteiger partial charge in [0.2, 0.25) is 0 Å². The van der Waals surface area contributed by atoms with Crippen LogP contribution in [0.5, 0.6) is 0 Å². The minimum Gasteiger partial charge on any atom is -0.266 e. The van der Waals surface area contributed by atoms with Gasteiger partial charge in [-0.05, 0) is 6.42 Å². The van der Waals surface area contributed by atoms with Gasteiger partial charge in [-0.25, -0.2) is 9.59 Å². The average molecular weight is 206 g/mol. The topological polar surface area (TPSA) is 71.1 Å². The summed E-state index contributed by atoms with van der Waals surface area (Å²) in [6, 6.07) is 0. The second-order valence-corrected chi connectivity index (χ2v) is 2.62. The molecule has 0 spiro atoms. The van der Waals surface area contributed by atoms with Gasteiger partial charge in [0, 0.05) is 23.4 Å². The predicted octanol–water partition coefficient (Wildman–Crippen LogP) is 1.45. The first kappa shape index (κ1) is 12.9. The summed E-state index contributed by atoms with van der Waals surface area (Å²) in [5.41, 5.74) is 0. The Balaban J connectivity index is 3.22. The normalized spacial score (nSPS) is 9.57. The average Bonchev–Trinajstić information content (AvgIpc) is 2.13. The molecule has 0 aliphatic heterocycles. The van der Waals surface area contributed by atoms with Crippen LogP contribution in [0.15, 0.2) is 0 Å². The van der Waals surface area contributed by atoms with Crippen LogP contribution in [0.2, 0.25) is 0 Å². The van der Waals surface area contributed by atoms with Crippen molar-refractivity contribution < 1.29 is 29.4 Å². The molecule has 0 bridgehead atoms. The van der Waals surface area contributed by atoms with Gasteiger partial charge in [0.1, 0.15) is 0 Å². The fourth-order valence-corrected chi connectivity index (χ4v) is 0.675. The Labute approximate surface area is 81.9 Å². The summed E-state index contributed by atoms with van der Waals surface area (Å²) in [5, 5.41) is 7.62. The number of unbranched alkanes of at least 4 members (excludes halogenated alkanes) is 2. The largest absolute Gasteiger partial charge is 0.345 e. The van der Waals surface area contributed by atoms with Crippen LogP contribution in [-0.2, 0) is 29.4 Å². The number of carbonyl (C=O) groups is 2. The van der Waals surface area contributed by atoms with Crippen molar-refractivity contribution in [3.8, 4) is 0 Å². The fraction of sp³-hybridized carbons (Fsp3) is 0.750. The van der Waals surface area contributed by atoms with Gasteiger partial charge in [-0.1, -0.05) is 19.8 Å². The minimum absolute atomic E-state index is 0.247. The van der Waals surface area contributed by atoms with E-state index in [9.17, 15) is 9.59 Å². The summed E-state index contributed by atoms with van der Waals surface area (Å²) in [5.74, 6) is -1.27. The summed E-state index contributed by atoms with van der Waals surface area (Å²) < 4.78 is 0. The summed E-state index contributed by atoms with van der Waals surface area (Å²) >= 11 is 0. The Kier molecular flexibility index (Phi) is 7.77. The van der Waals surface area contributed by atoms with Crippen LogP contribution in [0.1, 0.15) is 39.5 Å². The van der Waals surface area contributed by atoms with Crippen molar-refractivity contribution >= 4 is 11.9 Å². The molecular formula is C8H14O6. The summed E-state index contributed by atoms with van der Waals surface area (Å²) in [6.45, 7) is 3.14. The minimum atomic E-state index is -0.702. The molecule has 0 aliphatic rings. The monoisotopic (exact) mass is 206 g/mol. The van der Waals surface area contributed by atoms with Crippen molar-refractivity contribution in [2.75, 3.05) is 0 Å². The molecule has 0 amide bonds. The van der Waals surface area contributed by atoms with Gasteiger partial charge in [0.15, 0.2) is 0 Å². The molecule has 82 valence electrons. The Bertz CT molecular complexity index is 179. The number of carbonyl (C=O) groups excluding carboxylic acids is 2. The lowest BCUT2D eigenvalue weighted by Crippen LogP contribution is -2.08. The first-order chi connectivity index (χ1) is 6.66. The van der Waals surface area contributed by atoms with E-state index in [4.69, 9.17) is 0 Å². The van der Waals surface area contributed by atoms with Gasteiger partial charge in [-0.2, -0.15) is 0 Å². The number of hydrogen-bond donors (Lipinski definition) is 0. The zero-order valence-electron chi connectivity index (χ0n) is 8.28. The Hall–Kier alpha value is -1.14. The molecule has 0 heterocycles. The van der Waals surface area contributed by atoms with Crippen LogP contribution in [0.3, 0.4) is 0 Å². The molecular weight excluding hydrogens is 192 g/mol. The van der Waals surface area contributed by atoms with E-state index in [1.807, 2.05) is 6.92 Å². The van der Waals surface area contributed by atoms with E-state index < -0.39 is 11.9 Å². The van der Waals surface area contributed by atoms with Gasteiger partial charge < -0.3 is 0 Å².